The van der Waals surface area contributed by atoms with Crippen LogP contribution in [0.4, 0.5) is 0 Å². The highest BCUT2D eigenvalue weighted by molar-refractivity contribution is 5.99. The van der Waals surface area contributed by atoms with Crippen LogP contribution in [0.2, 0.25) is 0 Å². The lowest BCUT2D eigenvalue weighted by atomic mass is 9.97. The molecule has 1 aromatic heterocycles. The van der Waals surface area contributed by atoms with E-state index in [1.807, 2.05) is 0 Å². The van der Waals surface area contributed by atoms with Crippen LogP contribution in [0.3, 0.4) is 0 Å². The highest BCUT2D eigenvalue weighted by atomic mass is 16.4. The summed E-state index contributed by atoms with van der Waals surface area (Å²) in [5, 5.41) is 14.3. The first-order valence-corrected chi connectivity index (χ1v) is 5.81. The highest BCUT2D eigenvalue weighted by Crippen LogP contribution is 2.10. The molecule has 0 aliphatic heterocycles. The van der Waals surface area contributed by atoms with E-state index >= 15 is 0 Å². The predicted molar refractivity (Wildman–Crippen MR) is 71.3 cm³/mol. The van der Waals surface area contributed by atoms with Gasteiger partial charge in [-0.2, -0.15) is 0 Å². The van der Waals surface area contributed by atoms with Crippen LogP contribution in [0.1, 0.15) is 30.6 Å². The predicted octanol–water partition coefficient (Wildman–Crippen LogP) is 0.0302. The number of nitrogens with zero attached hydrogens (tertiary/aromatic N) is 2. The van der Waals surface area contributed by atoms with E-state index in [2.05, 4.69) is 10.5 Å². The van der Waals surface area contributed by atoms with Gasteiger partial charge in [0, 0.05) is 24.9 Å². The lowest BCUT2D eigenvalue weighted by Crippen LogP contribution is -2.55. The van der Waals surface area contributed by atoms with Crippen molar-refractivity contribution >= 4 is 11.7 Å². The van der Waals surface area contributed by atoms with E-state index < -0.39 is 11.4 Å². The molecule has 19 heavy (non-hydrogen) atoms. The van der Waals surface area contributed by atoms with Crippen molar-refractivity contribution in [1.29, 1.82) is 0 Å². The van der Waals surface area contributed by atoms with Crippen LogP contribution < -0.4 is 16.6 Å². The van der Waals surface area contributed by atoms with Crippen LogP contribution in [0.5, 0.6) is 0 Å². The molecule has 0 saturated heterocycles. The quantitative estimate of drug-likeness (QED) is 0.309. The summed E-state index contributed by atoms with van der Waals surface area (Å²) >= 11 is 0. The fraction of sp³-hybridized carbons (Fsp3) is 0.417. The number of rotatable bonds is 4. The van der Waals surface area contributed by atoms with Gasteiger partial charge in [-0.3, -0.25) is 9.59 Å². The summed E-state index contributed by atoms with van der Waals surface area (Å²) in [4.78, 5) is 23.5. The fourth-order valence-electron chi connectivity index (χ4n) is 1.46. The number of carbonyl (C=O) groups excluding carboxylic acids is 1. The van der Waals surface area contributed by atoms with Gasteiger partial charge in [-0.05, 0) is 19.4 Å². The van der Waals surface area contributed by atoms with Gasteiger partial charge in [-0.1, -0.05) is 12.1 Å². The van der Waals surface area contributed by atoms with Gasteiger partial charge in [-0.25, -0.2) is 0 Å². The zero-order valence-corrected chi connectivity index (χ0v) is 11.2. The maximum Gasteiger partial charge on any atom is 0.252 e. The Hall–Kier alpha value is -2.31. The molecule has 1 heterocycles. The van der Waals surface area contributed by atoms with Gasteiger partial charge in [0.15, 0.2) is 5.84 Å². The molecule has 0 fully saturated rings. The summed E-state index contributed by atoms with van der Waals surface area (Å²) in [6, 6.07) is 2.76. The molecular formula is C12H18N4O3. The topological polar surface area (TPSA) is 110 Å². The molecule has 0 bridgehead atoms. The van der Waals surface area contributed by atoms with Crippen molar-refractivity contribution in [2.45, 2.75) is 25.8 Å². The number of nitrogens with one attached hydrogen (secondary N) is 1. The number of nitrogens with two attached hydrogens (primary N) is 1. The monoisotopic (exact) mass is 266 g/mol. The Kier molecular flexibility index (Phi) is 4.31. The summed E-state index contributed by atoms with van der Waals surface area (Å²) in [6.45, 7) is 3.43. The highest BCUT2D eigenvalue weighted by Gasteiger charge is 2.30. The number of hydrogen-bond acceptors (Lipinski definition) is 4. The second kappa shape index (κ2) is 5.55. The molecule has 4 N–H and O–H groups in total. The second-order valence-electron chi connectivity index (χ2n) is 4.49. The first-order chi connectivity index (χ1) is 8.84. The van der Waals surface area contributed by atoms with E-state index in [0.29, 0.717) is 6.42 Å². The Balaban J connectivity index is 3.01. The third kappa shape index (κ3) is 3.12. The SMILES string of the molecule is CCC(C)(NC(=O)c1ccn(C)c(=O)c1)/C(N)=N/O. The number of carbonyl (C=O) groups is 1. The molecule has 1 unspecified atom stereocenters. The Labute approximate surface area is 110 Å². The molecule has 0 aliphatic rings. The van der Waals surface area contributed by atoms with Gasteiger partial charge in [0.25, 0.3) is 11.5 Å². The van der Waals surface area contributed by atoms with Crippen LogP contribution >= 0.6 is 0 Å². The summed E-state index contributed by atoms with van der Waals surface area (Å²) in [7, 11) is 1.59. The molecule has 1 atom stereocenters. The standard InChI is InChI=1S/C12H18N4O3/c1-4-12(2,11(13)15-19)14-10(18)8-5-6-16(3)9(17)7-8/h5-7,19H,4H2,1-3H3,(H2,13,15)(H,14,18). The molecule has 1 amide bonds. The zero-order chi connectivity index (χ0) is 14.6. The van der Waals surface area contributed by atoms with E-state index in [-0.39, 0.29) is 17.0 Å². The largest absolute Gasteiger partial charge is 0.409 e. The number of aromatic nitrogens is 1. The molecular weight excluding hydrogens is 248 g/mol. The lowest BCUT2D eigenvalue weighted by molar-refractivity contribution is 0.0924. The van der Waals surface area contributed by atoms with Crippen molar-refractivity contribution in [2.75, 3.05) is 0 Å². The van der Waals surface area contributed by atoms with E-state index in [0.717, 1.165) is 0 Å². The van der Waals surface area contributed by atoms with Crippen LogP contribution in [-0.2, 0) is 7.05 Å². The second-order valence-corrected chi connectivity index (χ2v) is 4.49. The molecule has 104 valence electrons. The van der Waals surface area contributed by atoms with Gasteiger partial charge in [-0.15, -0.1) is 0 Å². The van der Waals surface area contributed by atoms with E-state index in [1.165, 1.54) is 22.9 Å². The number of hydrogen-bond donors (Lipinski definition) is 3. The summed E-state index contributed by atoms with van der Waals surface area (Å²) in [6.07, 6.45) is 1.95. The first kappa shape index (κ1) is 14.7. The van der Waals surface area contributed by atoms with Crippen molar-refractivity contribution in [1.82, 2.24) is 9.88 Å². The molecule has 1 aromatic rings. The number of pyridine rings is 1. The normalized spacial score (nSPS) is 14.8. The van der Waals surface area contributed by atoms with Gasteiger partial charge in [0.1, 0.15) is 0 Å². The Morgan fingerprint density at radius 3 is 2.74 bits per heavy atom. The Bertz CT molecular complexity index is 564. The van der Waals surface area contributed by atoms with Crippen molar-refractivity contribution < 1.29 is 10.0 Å². The van der Waals surface area contributed by atoms with E-state index in [9.17, 15) is 9.59 Å². The lowest BCUT2D eigenvalue weighted by Gasteiger charge is -2.27. The zero-order valence-electron chi connectivity index (χ0n) is 11.2. The van der Waals surface area contributed by atoms with Gasteiger partial charge >= 0.3 is 0 Å². The van der Waals surface area contributed by atoms with Crippen LogP contribution in [0.25, 0.3) is 0 Å². The maximum atomic E-state index is 12.1. The smallest absolute Gasteiger partial charge is 0.252 e. The van der Waals surface area contributed by atoms with Crippen LogP contribution in [-0.4, -0.2) is 27.1 Å². The summed E-state index contributed by atoms with van der Waals surface area (Å²) in [5.41, 5.74) is 4.54. The molecule has 0 radical (unpaired) electrons. The third-order valence-corrected chi connectivity index (χ3v) is 3.14. The Morgan fingerprint density at radius 2 is 2.26 bits per heavy atom. The van der Waals surface area contributed by atoms with Gasteiger partial charge < -0.3 is 20.8 Å². The first-order valence-electron chi connectivity index (χ1n) is 5.81. The third-order valence-electron chi connectivity index (χ3n) is 3.14. The van der Waals surface area contributed by atoms with E-state index in [4.69, 9.17) is 10.9 Å². The molecule has 0 aromatic carbocycles. The molecule has 7 heteroatoms. The van der Waals surface area contributed by atoms with Crippen molar-refractivity contribution in [3.8, 4) is 0 Å². The average molecular weight is 266 g/mol. The Morgan fingerprint density at radius 1 is 1.63 bits per heavy atom. The van der Waals surface area contributed by atoms with Crippen LogP contribution in [0, 0.1) is 0 Å². The molecule has 0 aliphatic carbocycles. The van der Waals surface area contributed by atoms with Gasteiger partial charge in [0.2, 0.25) is 0 Å². The number of amides is 1. The maximum absolute atomic E-state index is 12.1. The molecule has 0 saturated carbocycles. The van der Waals surface area contributed by atoms with Crippen molar-refractivity contribution in [3.05, 3.63) is 34.2 Å². The minimum atomic E-state index is -0.965. The molecule has 7 nitrogen and oxygen atoms in total. The van der Waals surface area contributed by atoms with Crippen LogP contribution in [0.15, 0.2) is 28.3 Å². The number of aryl methyl sites for hydroxylation is 1. The molecule has 0 spiro atoms. The van der Waals surface area contributed by atoms with Crippen molar-refractivity contribution in [2.24, 2.45) is 17.9 Å². The molecule has 1 rings (SSSR count). The minimum absolute atomic E-state index is 0.0906. The summed E-state index contributed by atoms with van der Waals surface area (Å²) < 4.78 is 1.36. The average Bonchev–Trinajstić information content (AvgIpc) is 2.40. The van der Waals surface area contributed by atoms with Gasteiger partial charge in [0.05, 0.1) is 5.54 Å². The minimum Gasteiger partial charge on any atom is -0.409 e. The fourth-order valence-corrected chi connectivity index (χ4v) is 1.46. The number of amidine groups is 1. The van der Waals surface area contributed by atoms with E-state index in [1.54, 1.807) is 20.9 Å². The van der Waals surface area contributed by atoms with Crippen molar-refractivity contribution in [3.63, 3.8) is 0 Å². The number of oxime groups is 1. The summed E-state index contributed by atoms with van der Waals surface area (Å²) in [5.74, 6) is -0.541.